The van der Waals surface area contributed by atoms with Crippen LogP contribution in [0.5, 0.6) is 0 Å². The van der Waals surface area contributed by atoms with E-state index < -0.39 is 10.0 Å². The number of thiophene rings is 1. The Kier molecular flexibility index (Phi) is 6.19. The van der Waals surface area contributed by atoms with Gasteiger partial charge in [-0.25, -0.2) is 8.42 Å². The first-order valence-electron chi connectivity index (χ1n) is 7.35. The van der Waals surface area contributed by atoms with Crippen LogP contribution in [0, 0.1) is 5.92 Å². The zero-order valence-corrected chi connectivity index (χ0v) is 14.3. The molecule has 1 aromatic heterocycles. The monoisotopic (exact) mass is 332 g/mol. The zero-order valence-electron chi connectivity index (χ0n) is 12.7. The molecule has 1 aliphatic rings. The highest BCUT2D eigenvalue weighted by Crippen LogP contribution is 2.29. The number of rotatable bonds is 8. The summed E-state index contributed by atoms with van der Waals surface area (Å²) in [6, 6.07) is 1.73. The SMILES string of the molecule is CCCNCc1sccc1S(=O)(=O)N1CCC(COC)C1. The summed E-state index contributed by atoms with van der Waals surface area (Å²) < 4.78 is 32.3. The molecule has 1 atom stereocenters. The largest absolute Gasteiger partial charge is 0.384 e. The molecular formula is C14H24N2O3S2. The van der Waals surface area contributed by atoms with Crippen LogP contribution < -0.4 is 5.32 Å². The molecule has 0 saturated carbocycles. The van der Waals surface area contributed by atoms with Crippen LogP contribution in [0.1, 0.15) is 24.6 Å². The standard InChI is InChI=1S/C14H24N2O3S2/c1-3-6-15-9-13-14(5-8-20-13)21(17,18)16-7-4-12(10-16)11-19-2/h5,8,12,15H,3-4,6-7,9-11H2,1-2H3. The molecule has 0 radical (unpaired) electrons. The first-order valence-corrected chi connectivity index (χ1v) is 9.67. The van der Waals surface area contributed by atoms with Crippen LogP contribution in [-0.4, -0.2) is 46.1 Å². The van der Waals surface area contributed by atoms with Crippen LogP contribution in [-0.2, 0) is 21.3 Å². The van der Waals surface area contributed by atoms with Crippen LogP contribution in [0.3, 0.4) is 0 Å². The summed E-state index contributed by atoms with van der Waals surface area (Å²) in [6.07, 6.45) is 1.92. The van der Waals surface area contributed by atoms with E-state index >= 15 is 0 Å². The third-order valence-electron chi connectivity index (χ3n) is 3.69. The molecule has 1 unspecified atom stereocenters. The molecule has 2 heterocycles. The fourth-order valence-electron chi connectivity index (χ4n) is 2.59. The molecule has 7 heteroatoms. The molecule has 0 amide bonds. The maximum Gasteiger partial charge on any atom is 0.244 e. The molecule has 1 fully saturated rings. The van der Waals surface area contributed by atoms with Crippen LogP contribution in [0.4, 0.5) is 0 Å². The molecular weight excluding hydrogens is 308 g/mol. The lowest BCUT2D eigenvalue weighted by Gasteiger charge is -2.17. The maximum atomic E-state index is 12.8. The molecule has 0 aromatic carbocycles. The summed E-state index contributed by atoms with van der Waals surface area (Å²) >= 11 is 1.50. The van der Waals surface area contributed by atoms with E-state index in [1.54, 1.807) is 17.5 Å². The summed E-state index contributed by atoms with van der Waals surface area (Å²) in [5.41, 5.74) is 0. The van der Waals surface area contributed by atoms with Gasteiger partial charge in [-0.3, -0.25) is 0 Å². The minimum Gasteiger partial charge on any atom is -0.384 e. The molecule has 1 aliphatic heterocycles. The van der Waals surface area contributed by atoms with Gasteiger partial charge in [-0.15, -0.1) is 11.3 Å². The van der Waals surface area contributed by atoms with Gasteiger partial charge in [0, 0.05) is 31.6 Å². The molecule has 1 saturated heterocycles. The lowest BCUT2D eigenvalue weighted by Crippen LogP contribution is -2.30. The van der Waals surface area contributed by atoms with Gasteiger partial charge < -0.3 is 10.1 Å². The lowest BCUT2D eigenvalue weighted by molar-refractivity contribution is 0.157. The van der Waals surface area contributed by atoms with E-state index in [0.29, 0.717) is 37.1 Å². The quantitative estimate of drug-likeness (QED) is 0.739. The van der Waals surface area contributed by atoms with Crippen molar-refractivity contribution < 1.29 is 13.2 Å². The third kappa shape index (κ3) is 4.04. The maximum absolute atomic E-state index is 12.8. The molecule has 1 aromatic rings. The van der Waals surface area contributed by atoms with Gasteiger partial charge in [0.25, 0.3) is 0 Å². The Labute approximate surface area is 131 Å². The molecule has 0 spiro atoms. The van der Waals surface area contributed by atoms with E-state index in [2.05, 4.69) is 12.2 Å². The molecule has 0 aliphatic carbocycles. The Morgan fingerprint density at radius 2 is 2.33 bits per heavy atom. The predicted molar refractivity (Wildman–Crippen MR) is 85.1 cm³/mol. The minimum absolute atomic E-state index is 0.310. The van der Waals surface area contributed by atoms with Gasteiger partial charge >= 0.3 is 0 Å². The van der Waals surface area contributed by atoms with Gasteiger partial charge in [-0.05, 0) is 36.8 Å². The Bertz CT molecular complexity index is 542. The average Bonchev–Trinajstić information content (AvgIpc) is 3.09. The van der Waals surface area contributed by atoms with Crippen molar-refractivity contribution >= 4 is 21.4 Å². The lowest BCUT2D eigenvalue weighted by atomic mass is 10.1. The van der Waals surface area contributed by atoms with Gasteiger partial charge in [-0.1, -0.05) is 6.92 Å². The van der Waals surface area contributed by atoms with E-state index in [4.69, 9.17) is 4.74 Å². The van der Waals surface area contributed by atoms with Crippen molar-refractivity contribution in [1.82, 2.24) is 9.62 Å². The normalized spacial score (nSPS) is 20.2. The summed E-state index contributed by atoms with van der Waals surface area (Å²) in [7, 11) is -1.71. The topological polar surface area (TPSA) is 58.6 Å². The number of ether oxygens (including phenoxy) is 1. The van der Waals surface area contributed by atoms with Crippen molar-refractivity contribution in [2.45, 2.75) is 31.2 Å². The van der Waals surface area contributed by atoms with Crippen molar-refractivity contribution in [2.75, 3.05) is 33.4 Å². The first-order chi connectivity index (χ1) is 10.1. The first kappa shape index (κ1) is 16.9. The second-order valence-corrected chi connectivity index (χ2v) is 8.26. The summed E-state index contributed by atoms with van der Waals surface area (Å²) in [4.78, 5) is 1.37. The van der Waals surface area contributed by atoms with E-state index in [1.807, 2.05) is 5.38 Å². The highest BCUT2D eigenvalue weighted by Gasteiger charge is 2.34. The van der Waals surface area contributed by atoms with Crippen molar-refractivity contribution in [3.8, 4) is 0 Å². The fraction of sp³-hybridized carbons (Fsp3) is 0.714. The molecule has 21 heavy (non-hydrogen) atoms. The van der Waals surface area contributed by atoms with Crippen LogP contribution in [0.15, 0.2) is 16.3 Å². The van der Waals surface area contributed by atoms with Crippen molar-refractivity contribution in [3.05, 3.63) is 16.3 Å². The van der Waals surface area contributed by atoms with Crippen LogP contribution in [0.25, 0.3) is 0 Å². The molecule has 5 nitrogen and oxygen atoms in total. The van der Waals surface area contributed by atoms with Gasteiger partial charge in [0.1, 0.15) is 0 Å². The molecule has 1 N–H and O–H groups in total. The highest BCUT2D eigenvalue weighted by molar-refractivity contribution is 7.89. The van der Waals surface area contributed by atoms with Gasteiger partial charge in [-0.2, -0.15) is 4.31 Å². The molecule has 2 rings (SSSR count). The minimum atomic E-state index is -3.37. The summed E-state index contributed by atoms with van der Waals surface area (Å²) in [6.45, 7) is 5.40. The van der Waals surface area contributed by atoms with Gasteiger partial charge in [0.15, 0.2) is 0 Å². The fourth-order valence-corrected chi connectivity index (χ4v) is 5.51. The second kappa shape index (κ2) is 7.69. The highest BCUT2D eigenvalue weighted by atomic mass is 32.2. The molecule has 0 bridgehead atoms. The number of hydrogen-bond donors (Lipinski definition) is 1. The molecule has 120 valence electrons. The Morgan fingerprint density at radius 3 is 3.05 bits per heavy atom. The number of hydrogen-bond acceptors (Lipinski definition) is 5. The Balaban J connectivity index is 2.08. The number of nitrogens with one attached hydrogen (secondary N) is 1. The summed E-state index contributed by atoms with van der Waals surface area (Å²) in [5, 5.41) is 5.14. The Hall–Kier alpha value is -0.470. The van der Waals surface area contributed by atoms with Gasteiger partial charge in [0.05, 0.1) is 11.5 Å². The van der Waals surface area contributed by atoms with E-state index in [-0.39, 0.29) is 0 Å². The van der Waals surface area contributed by atoms with Gasteiger partial charge in [0.2, 0.25) is 10.0 Å². The van der Waals surface area contributed by atoms with E-state index in [9.17, 15) is 8.42 Å². The predicted octanol–water partition coefficient (Wildman–Crippen LogP) is 1.90. The van der Waals surface area contributed by atoms with Crippen molar-refractivity contribution in [2.24, 2.45) is 5.92 Å². The van der Waals surface area contributed by atoms with E-state index in [1.165, 1.54) is 11.3 Å². The van der Waals surface area contributed by atoms with E-state index in [0.717, 1.165) is 24.3 Å². The second-order valence-electron chi connectivity index (χ2n) is 5.36. The van der Waals surface area contributed by atoms with Crippen LogP contribution in [0.2, 0.25) is 0 Å². The third-order valence-corrected chi connectivity index (χ3v) is 6.69. The number of methoxy groups -OCH3 is 1. The van der Waals surface area contributed by atoms with Crippen molar-refractivity contribution in [1.29, 1.82) is 0 Å². The zero-order chi connectivity index (χ0) is 15.3. The number of nitrogens with zero attached hydrogens (tertiary/aromatic N) is 1. The number of sulfonamides is 1. The average molecular weight is 332 g/mol. The smallest absolute Gasteiger partial charge is 0.244 e. The summed E-state index contributed by atoms with van der Waals surface area (Å²) in [5.74, 6) is 0.310. The van der Waals surface area contributed by atoms with Crippen molar-refractivity contribution in [3.63, 3.8) is 0 Å². The Morgan fingerprint density at radius 1 is 1.52 bits per heavy atom. The van der Waals surface area contributed by atoms with Crippen LogP contribution >= 0.6 is 11.3 Å².